The zero-order chi connectivity index (χ0) is 23.3. The fraction of sp³-hybridized carbons (Fsp3) is 0.808. The lowest BCUT2D eigenvalue weighted by Crippen LogP contribution is -2.53. The van der Waals surface area contributed by atoms with Crippen LogP contribution in [0.5, 0.6) is 0 Å². The van der Waals surface area contributed by atoms with Crippen LogP contribution in [-0.2, 0) is 11.3 Å². The Morgan fingerprint density at radius 2 is 1.91 bits per heavy atom. The zero-order valence-electron chi connectivity index (χ0n) is 19.4. The van der Waals surface area contributed by atoms with Crippen LogP contribution in [0, 0.1) is 59.3 Å². The third kappa shape index (κ3) is 3.02. The van der Waals surface area contributed by atoms with E-state index in [1.807, 2.05) is 6.92 Å². The molecule has 0 bridgehead atoms. The number of hydrogen-bond donors (Lipinski definition) is 1. The lowest BCUT2D eigenvalue weighted by Gasteiger charge is -2.57. The second-order valence-electron chi connectivity index (χ2n) is 12.3. The summed E-state index contributed by atoms with van der Waals surface area (Å²) in [4.78, 5) is 16.8. The molecule has 10 atom stereocenters. The fourth-order valence-corrected chi connectivity index (χ4v) is 9.40. The third-order valence-electron chi connectivity index (χ3n) is 10.6. The van der Waals surface area contributed by atoms with Gasteiger partial charge in [0.05, 0.1) is 24.9 Å². The number of aliphatic hydroxyl groups is 1. The Kier molecular flexibility index (Phi) is 4.52. The van der Waals surface area contributed by atoms with Gasteiger partial charge in [-0.3, -0.25) is 9.48 Å². The van der Waals surface area contributed by atoms with E-state index in [-0.39, 0.29) is 29.6 Å². The molecule has 0 aliphatic heterocycles. The SMILES string of the molecule is [C-]#[N+]c1cnn(CC(=O)[C@H]2[C@@H]3[C@H]([C@H]4[C@@H]5CC[C@@H]6C[C@](C)(O)CC[C@@H]6[C@H]5CC[C@@]42C)C3(F)F)c1. The number of Topliss-reactive ketones (excluding diaryl/α,β-unsaturated/α-hetero) is 1. The molecule has 1 aromatic heterocycles. The smallest absolute Gasteiger partial charge is 0.255 e. The van der Waals surface area contributed by atoms with Crippen molar-refractivity contribution in [3.63, 3.8) is 0 Å². The number of hydrogen-bond acceptors (Lipinski definition) is 3. The van der Waals surface area contributed by atoms with Crippen LogP contribution in [0.2, 0.25) is 0 Å². The number of nitrogens with zero attached hydrogens (tertiary/aromatic N) is 3. The van der Waals surface area contributed by atoms with E-state index in [0.717, 1.165) is 44.9 Å². The second-order valence-corrected chi connectivity index (χ2v) is 12.3. The van der Waals surface area contributed by atoms with Crippen molar-refractivity contribution < 1.29 is 18.7 Å². The molecule has 1 aromatic rings. The standard InChI is InChI=1S/C26H33F2N3O2/c1-24(33)8-6-16-14(10-24)4-5-18-17(16)7-9-25(2)20(18)22-23(26(22,27)28)21(25)19(32)13-31-12-15(29-3)11-30-31/h11-12,14,16-18,20-23,33H,4-10,13H2,1-2H3/t14-,16+,17-,18-,20-,21+,22+,23-,24-,25+/m1/s1. The van der Waals surface area contributed by atoms with Gasteiger partial charge in [0, 0.05) is 24.0 Å². The summed E-state index contributed by atoms with van der Waals surface area (Å²) in [6, 6.07) is 0. The normalized spacial score (nSPS) is 49.2. The first-order valence-corrected chi connectivity index (χ1v) is 12.6. The third-order valence-corrected chi connectivity index (χ3v) is 10.6. The summed E-state index contributed by atoms with van der Waals surface area (Å²) in [5, 5.41) is 14.7. The molecule has 5 fully saturated rings. The summed E-state index contributed by atoms with van der Waals surface area (Å²) in [6.45, 7) is 11.1. The topological polar surface area (TPSA) is 59.5 Å². The summed E-state index contributed by atoms with van der Waals surface area (Å²) in [6.07, 6.45) is 9.40. The van der Waals surface area contributed by atoms with Gasteiger partial charge in [0.15, 0.2) is 5.78 Å². The predicted molar refractivity (Wildman–Crippen MR) is 117 cm³/mol. The number of halogens is 2. The van der Waals surface area contributed by atoms with Gasteiger partial charge in [0.25, 0.3) is 5.92 Å². The Morgan fingerprint density at radius 3 is 2.64 bits per heavy atom. The van der Waals surface area contributed by atoms with E-state index >= 15 is 8.78 Å². The fourth-order valence-electron chi connectivity index (χ4n) is 9.40. The highest BCUT2D eigenvalue weighted by Gasteiger charge is 2.84. The van der Waals surface area contributed by atoms with E-state index in [1.165, 1.54) is 17.1 Å². The Hall–Kier alpha value is -1.81. The molecule has 0 unspecified atom stereocenters. The van der Waals surface area contributed by atoms with Crippen molar-refractivity contribution in [1.29, 1.82) is 0 Å². The van der Waals surface area contributed by atoms with Crippen molar-refractivity contribution in [1.82, 2.24) is 9.78 Å². The van der Waals surface area contributed by atoms with Crippen LogP contribution >= 0.6 is 0 Å². The number of carbonyl (C=O) groups excluding carboxylic acids is 1. The molecule has 6 rings (SSSR count). The van der Waals surface area contributed by atoms with Crippen LogP contribution in [0.15, 0.2) is 12.4 Å². The largest absolute Gasteiger partial charge is 0.390 e. The van der Waals surface area contributed by atoms with Crippen molar-refractivity contribution in [2.24, 2.45) is 52.8 Å². The first-order valence-electron chi connectivity index (χ1n) is 12.6. The molecule has 0 saturated heterocycles. The van der Waals surface area contributed by atoms with E-state index < -0.39 is 29.3 Å². The molecule has 33 heavy (non-hydrogen) atoms. The highest BCUT2D eigenvalue weighted by molar-refractivity contribution is 5.83. The quantitative estimate of drug-likeness (QED) is 0.641. The molecule has 5 aliphatic carbocycles. The van der Waals surface area contributed by atoms with Gasteiger partial charge < -0.3 is 5.11 Å². The van der Waals surface area contributed by atoms with Gasteiger partial charge in [0.2, 0.25) is 5.69 Å². The molecule has 1 heterocycles. The number of ketones is 1. The highest BCUT2D eigenvalue weighted by atomic mass is 19.3. The van der Waals surface area contributed by atoms with Gasteiger partial charge in [-0.15, -0.1) is 0 Å². The van der Waals surface area contributed by atoms with Crippen LogP contribution in [0.4, 0.5) is 14.5 Å². The summed E-state index contributed by atoms with van der Waals surface area (Å²) < 4.78 is 31.7. The van der Waals surface area contributed by atoms with Crippen molar-refractivity contribution in [3.8, 4) is 0 Å². The monoisotopic (exact) mass is 457 g/mol. The molecule has 7 heteroatoms. The number of rotatable bonds is 3. The molecule has 0 aromatic carbocycles. The number of aromatic nitrogens is 2. The Labute approximate surface area is 193 Å². The maximum absolute atomic E-state index is 15.1. The van der Waals surface area contributed by atoms with Gasteiger partial charge in [0.1, 0.15) is 0 Å². The average molecular weight is 458 g/mol. The summed E-state index contributed by atoms with van der Waals surface area (Å²) >= 11 is 0. The lowest BCUT2D eigenvalue weighted by atomic mass is 9.47. The molecule has 5 nitrogen and oxygen atoms in total. The van der Waals surface area contributed by atoms with E-state index in [0.29, 0.717) is 23.4 Å². The van der Waals surface area contributed by atoms with E-state index in [9.17, 15) is 9.90 Å². The van der Waals surface area contributed by atoms with Crippen LogP contribution in [0.3, 0.4) is 0 Å². The van der Waals surface area contributed by atoms with E-state index in [2.05, 4.69) is 16.9 Å². The minimum atomic E-state index is -2.74. The average Bonchev–Trinajstić information content (AvgIpc) is 3.09. The van der Waals surface area contributed by atoms with Crippen molar-refractivity contribution in [2.75, 3.05) is 0 Å². The summed E-state index contributed by atoms with van der Waals surface area (Å²) in [7, 11) is 0. The Balaban J connectivity index is 1.28. The predicted octanol–water partition coefficient (Wildman–Crippen LogP) is 5.12. The maximum Gasteiger partial charge on any atom is 0.255 e. The molecule has 178 valence electrons. The van der Waals surface area contributed by atoms with Gasteiger partial charge >= 0.3 is 0 Å². The molecule has 0 amide bonds. The Morgan fingerprint density at radius 1 is 1.15 bits per heavy atom. The van der Waals surface area contributed by atoms with Gasteiger partial charge in [-0.05, 0) is 86.9 Å². The minimum absolute atomic E-state index is 0.0321. The molecular formula is C26H33F2N3O2. The first kappa shape index (κ1) is 21.7. The number of alkyl halides is 2. The summed E-state index contributed by atoms with van der Waals surface area (Å²) in [5.41, 5.74) is -0.606. The molecule has 0 radical (unpaired) electrons. The zero-order valence-corrected chi connectivity index (χ0v) is 19.4. The minimum Gasteiger partial charge on any atom is -0.390 e. The molecule has 5 aliphatic rings. The van der Waals surface area contributed by atoms with Crippen molar-refractivity contribution in [2.45, 2.75) is 76.9 Å². The molecule has 1 N–H and O–H groups in total. The van der Waals surface area contributed by atoms with Gasteiger partial charge in [-0.1, -0.05) is 6.92 Å². The van der Waals surface area contributed by atoms with E-state index in [1.54, 1.807) is 0 Å². The molecule has 5 saturated carbocycles. The van der Waals surface area contributed by atoms with E-state index in [4.69, 9.17) is 6.57 Å². The number of fused-ring (bicyclic) bond motifs is 7. The van der Waals surface area contributed by atoms with Crippen molar-refractivity contribution >= 4 is 11.5 Å². The van der Waals surface area contributed by atoms with Gasteiger partial charge in [-0.2, -0.15) is 5.10 Å². The van der Waals surface area contributed by atoms with Crippen LogP contribution in [0.1, 0.15) is 58.8 Å². The lowest BCUT2D eigenvalue weighted by molar-refractivity contribution is -0.146. The number of carbonyl (C=O) groups is 1. The van der Waals surface area contributed by atoms with Crippen LogP contribution < -0.4 is 0 Å². The van der Waals surface area contributed by atoms with Crippen LogP contribution in [-0.4, -0.2) is 32.2 Å². The summed E-state index contributed by atoms with van der Waals surface area (Å²) in [5.74, 6) is -3.35. The maximum atomic E-state index is 15.1. The second kappa shape index (κ2) is 6.87. The van der Waals surface area contributed by atoms with Crippen LogP contribution in [0.25, 0.3) is 4.85 Å². The molecular weight excluding hydrogens is 424 g/mol. The van der Waals surface area contributed by atoms with Crippen molar-refractivity contribution in [3.05, 3.63) is 23.8 Å². The first-order chi connectivity index (χ1) is 15.6. The Bertz CT molecular complexity index is 1030. The highest BCUT2D eigenvalue weighted by Crippen LogP contribution is 2.79. The van der Waals surface area contributed by atoms with Gasteiger partial charge in [-0.25, -0.2) is 13.6 Å². The molecule has 0 spiro atoms.